The molecule has 0 saturated carbocycles. The molecule has 0 aliphatic heterocycles. The Bertz CT molecular complexity index is 1050. The van der Waals surface area contributed by atoms with Crippen LogP contribution in [0.25, 0.3) is 0 Å². The summed E-state index contributed by atoms with van der Waals surface area (Å²) in [7, 11) is 0. The van der Waals surface area contributed by atoms with E-state index in [0.29, 0.717) is 25.2 Å². The molecule has 0 radical (unpaired) electrons. The summed E-state index contributed by atoms with van der Waals surface area (Å²) in [6.07, 6.45) is 10.9. The van der Waals surface area contributed by atoms with Crippen molar-refractivity contribution in [1.29, 1.82) is 0 Å². The monoisotopic (exact) mass is 379 g/mol. The predicted molar refractivity (Wildman–Crippen MR) is 118 cm³/mol. The van der Waals surface area contributed by atoms with Gasteiger partial charge in [-0.2, -0.15) is 9.97 Å². The van der Waals surface area contributed by atoms with Crippen LogP contribution in [0.3, 0.4) is 0 Å². The highest BCUT2D eigenvalue weighted by Crippen LogP contribution is 2.14. The zero-order valence-electron chi connectivity index (χ0n) is 14.9. The van der Waals surface area contributed by atoms with Crippen LogP contribution in [0.4, 0.5) is 23.3 Å². The second-order valence-corrected chi connectivity index (χ2v) is 5.27. The quantitative estimate of drug-likeness (QED) is 0.251. The summed E-state index contributed by atoms with van der Waals surface area (Å²) in [5.74, 6) is 9.85. The second kappa shape index (κ2) is 10.5. The van der Waals surface area contributed by atoms with Crippen LogP contribution < -0.4 is 22.1 Å². The fourth-order valence-corrected chi connectivity index (χ4v) is 2.00. The number of nitrogens with one attached hydrogen (secondary N) is 3. The van der Waals surface area contributed by atoms with E-state index in [4.69, 9.17) is 18.6 Å². The molecular formula is C20H25N7O. The second-order valence-electron chi connectivity index (χ2n) is 5.27. The van der Waals surface area contributed by atoms with Crippen molar-refractivity contribution < 1.29 is 5.71 Å². The Kier molecular flexibility index (Phi) is 7.39. The third-order valence-corrected chi connectivity index (χ3v) is 3.19. The highest BCUT2D eigenvalue weighted by atomic mass is 16.1. The van der Waals surface area contributed by atoms with Gasteiger partial charge in [-0.3, -0.25) is 9.88 Å². The summed E-state index contributed by atoms with van der Waals surface area (Å²) < 4.78 is 0. The minimum atomic E-state index is -0.531. The molecule has 0 saturated heterocycles. The molecular weight excluding hydrogens is 354 g/mol. The average molecular weight is 379 g/mol. The molecule has 5 N–H and O–H groups in total. The summed E-state index contributed by atoms with van der Waals surface area (Å²) in [5.41, 5.74) is 6.48. The SMILES string of the molecule is C#CC#CN(C#CC#C)CCCNc1nc(Nc2ccc(N)cc2)[nH]c(=O)n1.[HH].[HH].[HH].[HH]. The number of rotatable bonds is 7. The van der Waals surface area contributed by atoms with Gasteiger partial charge in [-0.1, -0.05) is 0 Å². The molecule has 28 heavy (non-hydrogen) atoms. The lowest BCUT2D eigenvalue weighted by atomic mass is 10.3. The number of terminal acetylenes is 2. The standard InChI is InChI=1S/C20H17N7O.4H2/c1-3-5-13-27(14-6-4-2)15-7-12-22-18-24-19(26-20(28)25-18)23-17-10-8-16(21)9-11-17;;;;/h1-2,8-11H,7,12,15,21H2,(H3,22,23,24,25,26,28);4*1H. The van der Waals surface area contributed by atoms with Crippen molar-refractivity contribution in [1.82, 2.24) is 19.9 Å². The number of aromatic nitrogens is 3. The number of nitrogens with zero attached hydrogens (tertiary/aromatic N) is 3. The topological polar surface area (TPSA) is 112 Å². The molecule has 8 nitrogen and oxygen atoms in total. The molecule has 1 aromatic heterocycles. The van der Waals surface area contributed by atoms with Crippen LogP contribution in [0.1, 0.15) is 12.1 Å². The highest BCUT2D eigenvalue weighted by Gasteiger charge is 2.04. The van der Waals surface area contributed by atoms with Gasteiger partial charge in [0.25, 0.3) is 0 Å². The van der Waals surface area contributed by atoms with E-state index in [1.165, 1.54) is 4.90 Å². The maximum Gasteiger partial charge on any atom is 0.351 e. The van der Waals surface area contributed by atoms with Gasteiger partial charge in [0.15, 0.2) is 0 Å². The van der Waals surface area contributed by atoms with Gasteiger partial charge in [0, 0.05) is 54.1 Å². The Morgan fingerprint density at radius 1 is 1.14 bits per heavy atom. The van der Waals surface area contributed by atoms with Crippen LogP contribution in [0.5, 0.6) is 0 Å². The van der Waals surface area contributed by atoms with Crippen LogP contribution in [0, 0.1) is 48.6 Å². The zero-order chi connectivity index (χ0) is 20.2. The molecule has 2 aromatic rings. The van der Waals surface area contributed by atoms with Gasteiger partial charge < -0.3 is 16.4 Å². The summed E-state index contributed by atoms with van der Waals surface area (Å²) in [4.78, 5) is 23.8. The minimum absolute atomic E-state index is 0. The van der Waals surface area contributed by atoms with Gasteiger partial charge in [-0.15, -0.1) is 12.8 Å². The molecule has 0 amide bonds. The van der Waals surface area contributed by atoms with E-state index in [1.807, 2.05) is 0 Å². The largest absolute Gasteiger partial charge is 0.399 e. The average Bonchev–Trinajstić information content (AvgIpc) is 2.68. The van der Waals surface area contributed by atoms with E-state index in [-0.39, 0.29) is 17.6 Å². The molecule has 2 rings (SSSR count). The summed E-state index contributed by atoms with van der Waals surface area (Å²) >= 11 is 0. The first-order chi connectivity index (χ1) is 13.6. The van der Waals surface area contributed by atoms with Crippen molar-refractivity contribution in [2.24, 2.45) is 0 Å². The van der Waals surface area contributed by atoms with Crippen LogP contribution >= 0.6 is 0 Å². The molecule has 0 aliphatic carbocycles. The summed E-state index contributed by atoms with van der Waals surface area (Å²) in [6, 6.07) is 12.4. The molecule has 0 unspecified atom stereocenters. The van der Waals surface area contributed by atoms with E-state index in [2.05, 4.69) is 61.4 Å². The molecule has 0 aliphatic rings. The van der Waals surface area contributed by atoms with Crippen molar-refractivity contribution >= 4 is 23.3 Å². The Hall–Kier alpha value is -4.53. The van der Waals surface area contributed by atoms with Gasteiger partial charge in [-0.25, -0.2) is 4.79 Å². The summed E-state index contributed by atoms with van der Waals surface area (Å²) in [5, 5.41) is 5.97. The van der Waals surface area contributed by atoms with E-state index in [9.17, 15) is 4.79 Å². The Morgan fingerprint density at radius 2 is 1.82 bits per heavy atom. The fraction of sp³-hybridized carbons (Fsp3) is 0.150. The number of hydrogen-bond donors (Lipinski definition) is 4. The molecule has 1 aromatic carbocycles. The number of benzene rings is 1. The molecule has 0 spiro atoms. The van der Waals surface area contributed by atoms with E-state index < -0.39 is 5.69 Å². The first kappa shape index (κ1) is 19.8. The first-order valence-corrected chi connectivity index (χ1v) is 8.15. The van der Waals surface area contributed by atoms with Crippen molar-refractivity contribution in [3.8, 4) is 48.6 Å². The van der Waals surface area contributed by atoms with E-state index in [0.717, 1.165) is 5.69 Å². The van der Waals surface area contributed by atoms with Gasteiger partial charge in [0.2, 0.25) is 11.9 Å². The Balaban J connectivity index is -0.00000210. The lowest BCUT2D eigenvalue weighted by Crippen LogP contribution is -2.20. The van der Waals surface area contributed by atoms with Crippen LogP contribution in [0.15, 0.2) is 29.1 Å². The molecule has 8 heteroatoms. The number of nitrogen functional groups attached to an aromatic ring is 1. The predicted octanol–water partition coefficient (Wildman–Crippen LogP) is 1.77. The number of H-pyrrole nitrogens is 1. The lowest BCUT2D eigenvalue weighted by Gasteiger charge is -2.10. The van der Waals surface area contributed by atoms with Gasteiger partial charge >= 0.3 is 5.69 Å². The molecule has 0 bridgehead atoms. The van der Waals surface area contributed by atoms with E-state index >= 15 is 0 Å². The minimum Gasteiger partial charge on any atom is -0.399 e. The number of nitrogens with two attached hydrogens (primary N) is 1. The lowest BCUT2D eigenvalue weighted by molar-refractivity contribution is 0.546. The van der Waals surface area contributed by atoms with Crippen molar-refractivity contribution in [2.75, 3.05) is 29.5 Å². The van der Waals surface area contributed by atoms with Crippen LogP contribution in [-0.4, -0.2) is 32.9 Å². The normalized spacial score (nSPS) is 8.79. The third kappa shape index (κ3) is 6.76. The molecule has 0 fully saturated rings. The third-order valence-electron chi connectivity index (χ3n) is 3.19. The smallest absolute Gasteiger partial charge is 0.351 e. The fourth-order valence-electron chi connectivity index (χ4n) is 2.00. The van der Waals surface area contributed by atoms with Crippen LogP contribution in [0.2, 0.25) is 0 Å². The first-order valence-electron chi connectivity index (χ1n) is 8.15. The number of anilines is 4. The van der Waals surface area contributed by atoms with E-state index in [1.54, 1.807) is 24.3 Å². The van der Waals surface area contributed by atoms with Crippen molar-refractivity contribution in [2.45, 2.75) is 6.42 Å². The van der Waals surface area contributed by atoms with Crippen LogP contribution in [-0.2, 0) is 0 Å². The molecule has 146 valence electrons. The Morgan fingerprint density at radius 3 is 2.46 bits per heavy atom. The van der Waals surface area contributed by atoms with Crippen molar-refractivity contribution in [3.63, 3.8) is 0 Å². The Labute approximate surface area is 168 Å². The maximum absolute atomic E-state index is 11.7. The number of aromatic amines is 1. The molecule has 0 atom stereocenters. The molecule has 1 heterocycles. The van der Waals surface area contributed by atoms with Gasteiger partial charge in [0.1, 0.15) is 0 Å². The van der Waals surface area contributed by atoms with Gasteiger partial charge in [-0.05, 0) is 42.5 Å². The van der Waals surface area contributed by atoms with Gasteiger partial charge in [0.05, 0.1) is 0 Å². The van der Waals surface area contributed by atoms with Crippen molar-refractivity contribution in [3.05, 3.63) is 34.7 Å². The number of hydrogen-bond acceptors (Lipinski definition) is 7. The summed E-state index contributed by atoms with van der Waals surface area (Å²) in [6.45, 7) is 0.979. The maximum atomic E-state index is 11.7. The highest BCUT2D eigenvalue weighted by molar-refractivity contribution is 5.57. The zero-order valence-corrected chi connectivity index (χ0v) is 14.9.